The molecule has 0 aliphatic carbocycles. The van der Waals surface area contributed by atoms with Crippen LogP contribution in [0.1, 0.15) is 12.5 Å². The number of hydrogen-bond acceptors (Lipinski definition) is 7. The normalized spacial score (nSPS) is 11.4. The van der Waals surface area contributed by atoms with Gasteiger partial charge in [-0.1, -0.05) is 6.07 Å². The Labute approximate surface area is 160 Å². The molecule has 1 amide bonds. The minimum atomic E-state index is -1.06. The van der Waals surface area contributed by atoms with Crippen molar-refractivity contribution in [3.63, 3.8) is 0 Å². The van der Waals surface area contributed by atoms with E-state index in [4.69, 9.17) is 14.2 Å². The highest BCUT2D eigenvalue weighted by atomic mass is 16.5. The molecule has 2 rings (SSSR count). The molecule has 28 heavy (non-hydrogen) atoms. The molecule has 1 aromatic carbocycles. The molecule has 0 bridgehead atoms. The smallest absolute Gasteiger partial charge is 0.328 e. The summed E-state index contributed by atoms with van der Waals surface area (Å²) in [5.41, 5.74) is -0.545. The van der Waals surface area contributed by atoms with E-state index < -0.39 is 35.8 Å². The molecule has 150 valence electrons. The van der Waals surface area contributed by atoms with E-state index in [-0.39, 0.29) is 6.54 Å². The lowest BCUT2D eigenvalue weighted by molar-refractivity contribution is -0.155. The third-order valence-electron chi connectivity index (χ3n) is 3.79. The highest BCUT2D eigenvalue weighted by Gasteiger charge is 2.18. The summed E-state index contributed by atoms with van der Waals surface area (Å²) in [7, 11) is 3.03. The van der Waals surface area contributed by atoms with Crippen LogP contribution in [-0.4, -0.2) is 41.8 Å². The van der Waals surface area contributed by atoms with Crippen LogP contribution in [0.5, 0.6) is 11.5 Å². The fourth-order valence-electron chi connectivity index (χ4n) is 2.32. The second kappa shape index (κ2) is 9.40. The number of carbonyl (C=O) groups excluding carboxylic acids is 2. The molecule has 1 heterocycles. The highest BCUT2D eigenvalue weighted by Crippen LogP contribution is 2.27. The molecular weight excluding hydrogens is 370 g/mol. The van der Waals surface area contributed by atoms with Crippen LogP contribution in [0.3, 0.4) is 0 Å². The quantitative estimate of drug-likeness (QED) is 0.596. The summed E-state index contributed by atoms with van der Waals surface area (Å²) in [4.78, 5) is 48.6. The van der Waals surface area contributed by atoms with E-state index in [1.165, 1.54) is 27.3 Å². The largest absolute Gasteiger partial charge is 0.493 e. The zero-order valence-corrected chi connectivity index (χ0v) is 15.7. The van der Waals surface area contributed by atoms with Crippen LogP contribution in [0.15, 0.2) is 40.1 Å². The molecule has 2 N–H and O–H groups in total. The first-order valence-electron chi connectivity index (χ1n) is 8.32. The number of aromatic nitrogens is 2. The summed E-state index contributed by atoms with van der Waals surface area (Å²) in [6.45, 7) is 1.18. The van der Waals surface area contributed by atoms with Crippen molar-refractivity contribution in [3.05, 3.63) is 56.9 Å². The maximum atomic E-state index is 12.1. The summed E-state index contributed by atoms with van der Waals surface area (Å²) in [5.74, 6) is -0.197. The minimum absolute atomic E-state index is 0.195. The number of esters is 1. The van der Waals surface area contributed by atoms with Crippen molar-refractivity contribution in [2.24, 2.45) is 0 Å². The predicted molar refractivity (Wildman–Crippen MR) is 98.3 cm³/mol. The Hall–Kier alpha value is -3.56. The lowest BCUT2D eigenvalue weighted by atomic mass is 10.2. The Bertz CT molecular complexity index is 964. The number of benzene rings is 1. The number of methoxy groups -OCH3 is 2. The molecule has 0 spiro atoms. The number of rotatable bonds is 8. The number of carbonyl (C=O) groups is 2. The number of H-pyrrole nitrogens is 1. The minimum Gasteiger partial charge on any atom is -0.493 e. The molecule has 0 fully saturated rings. The average molecular weight is 391 g/mol. The number of amides is 1. The van der Waals surface area contributed by atoms with Gasteiger partial charge in [-0.25, -0.2) is 4.79 Å². The SMILES string of the molecule is COc1ccc(CNC(=O)[C@@H](C)OC(=O)Cn2ccc(=O)[nH]c2=O)cc1OC. The predicted octanol–water partition coefficient (Wildman–Crippen LogP) is -0.198. The molecule has 0 aliphatic rings. The Morgan fingerprint density at radius 3 is 2.50 bits per heavy atom. The molecule has 0 saturated heterocycles. The van der Waals surface area contributed by atoms with Gasteiger partial charge in [-0.05, 0) is 24.6 Å². The molecular formula is C18H21N3O7. The first kappa shape index (κ1) is 20.7. The Kier molecular flexibility index (Phi) is 6.96. The fourth-order valence-corrected chi connectivity index (χ4v) is 2.32. The van der Waals surface area contributed by atoms with Crippen LogP contribution in [0.2, 0.25) is 0 Å². The molecule has 10 nitrogen and oxygen atoms in total. The second-order valence-electron chi connectivity index (χ2n) is 5.78. The van der Waals surface area contributed by atoms with Crippen LogP contribution in [0.25, 0.3) is 0 Å². The van der Waals surface area contributed by atoms with E-state index in [1.807, 2.05) is 4.98 Å². The number of hydrogen-bond donors (Lipinski definition) is 2. The van der Waals surface area contributed by atoms with Gasteiger partial charge in [-0.15, -0.1) is 0 Å². The van der Waals surface area contributed by atoms with E-state index in [0.717, 1.165) is 16.2 Å². The number of ether oxygens (including phenoxy) is 3. The van der Waals surface area contributed by atoms with Gasteiger partial charge in [0.25, 0.3) is 11.5 Å². The number of nitrogens with zero attached hydrogens (tertiary/aromatic N) is 1. The van der Waals surface area contributed by atoms with Gasteiger partial charge in [0.2, 0.25) is 0 Å². The van der Waals surface area contributed by atoms with E-state index in [0.29, 0.717) is 11.5 Å². The maximum absolute atomic E-state index is 12.1. The molecule has 0 aliphatic heterocycles. The third-order valence-corrected chi connectivity index (χ3v) is 3.79. The first-order valence-corrected chi connectivity index (χ1v) is 8.32. The van der Waals surface area contributed by atoms with Gasteiger partial charge in [0, 0.05) is 18.8 Å². The van der Waals surface area contributed by atoms with Gasteiger partial charge in [-0.2, -0.15) is 0 Å². The van der Waals surface area contributed by atoms with Crippen LogP contribution >= 0.6 is 0 Å². The van der Waals surface area contributed by atoms with Crippen molar-refractivity contribution in [3.8, 4) is 11.5 Å². The van der Waals surface area contributed by atoms with Crippen molar-refractivity contribution >= 4 is 11.9 Å². The van der Waals surface area contributed by atoms with Gasteiger partial charge < -0.3 is 19.5 Å². The highest BCUT2D eigenvalue weighted by molar-refractivity contribution is 5.83. The van der Waals surface area contributed by atoms with Gasteiger partial charge in [0.05, 0.1) is 14.2 Å². The molecule has 10 heteroatoms. The molecule has 0 radical (unpaired) electrons. The van der Waals surface area contributed by atoms with Gasteiger partial charge >= 0.3 is 11.7 Å². The summed E-state index contributed by atoms with van der Waals surface area (Å²) < 4.78 is 16.3. The lowest BCUT2D eigenvalue weighted by Gasteiger charge is -2.14. The van der Waals surface area contributed by atoms with Crippen molar-refractivity contribution in [2.45, 2.75) is 26.1 Å². The van der Waals surface area contributed by atoms with Crippen LogP contribution in [0.4, 0.5) is 0 Å². The van der Waals surface area contributed by atoms with E-state index in [1.54, 1.807) is 18.2 Å². The van der Waals surface area contributed by atoms with Crippen LogP contribution < -0.4 is 26.0 Å². The fraction of sp³-hybridized carbons (Fsp3) is 0.333. The second-order valence-corrected chi connectivity index (χ2v) is 5.78. The first-order chi connectivity index (χ1) is 13.3. The lowest BCUT2D eigenvalue weighted by Crippen LogP contribution is -2.37. The van der Waals surface area contributed by atoms with E-state index in [2.05, 4.69) is 5.32 Å². The van der Waals surface area contributed by atoms with Crippen molar-refractivity contribution in [1.82, 2.24) is 14.9 Å². The Morgan fingerprint density at radius 2 is 1.86 bits per heavy atom. The standard InChI is InChI=1S/C18H21N3O7/c1-11(28-16(23)10-21-7-6-15(22)20-18(21)25)17(24)19-9-12-4-5-13(26-2)14(8-12)27-3/h4-8,11H,9-10H2,1-3H3,(H,19,24)(H,20,22,25)/t11-/m1/s1. The van der Waals surface area contributed by atoms with Crippen molar-refractivity contribution in [1.29, 1.82) is 0 Å². The molecule has 0 unspecified atom stereocenters. The van der Waals surface area contributed by atoms with Crippen LogP contribution in [0, 0.1) is 0 Å². The summed E-state index contributed by atoms with van der Waals surface area (Å²) >= 11 is 0. The maximum Gasteiger partial charge on any atom is 0.328 e. The van der Waals surface area contributed by atoms with Crippen molar-refractivity contribution < 1.29 is 23.8 Å². The molecule has 1 aromatic heterocycles. The topological polar surface area (TPSA) is 129 Å². The van der Waals surface area contributed by atoms with Gasteiger partial charge in [0.1, 0.15) is 6.54 Å². The monoisotopic (exact) mass is 391 g/mol. The van der Waals surface area contributed by atoms with Gasteiger partial charge in [-0.3, -0.25) is 23.9 Å². The summed E-state index contributed by atoms with van der Waals surface area (Å²) in [6.07, 6.45) is 0.107. The Morgan fingerprint density at radius 1 is 1.14 bits per heavy atom. The molecule has 1 atom stereocenters. The summed E-state index contributed by atoms with van der Waals surface area (Å²) in [6, 6.07) is 6.30. The Balaban J connectivity index is 1.89. The molecule has 2 aromatic rings. The third kappa shape index (κ3) is 5.47. The van der Waals surface area contributed by atoms with Crippen LogP contribution in [-0.2, 0) is 27.4 Å². The van der Waals surface area contributed by atoms with E-state index in [9.17, 15) is 19.2 Å². The van der Waals surface area contributed by atoms with Gasteiger partial charge in [0.15, 0.2) is 17.6 Å². The van der Waals surface area contributed by atoms with E-state index >= 15 is 0 Å². The summed E-state index contributed by atoms with van der Waals surface area (Å²) in [5, 5.41) is 2.65. The molecule has 0 saturated carbocycles. The number of nitrogens with one attached hydrogen (secondary N) is 2. The number of aromatic amines is 1. The zero-order chi connectivity index (χ0) is 20.7. The average Bonchev–Trinajstić information content (AvgIpc) is 2.67. The van der Waals surface area contributed by atoms with Crippen molar-refractivity contribution in [2.75, 3.05) is 14.2 Å². The zero-order valence-electron chi connectivity index (χ0n) is 15.7.